The summed E-state index contributed by atoms with van der Waals surface area (Å²) in [6.45, 7) is 4.16. The number of methoxy groups -OCH3 is 2. The lowest BCUT2D eigenvalue weighted by Crippen LogP contribution is -2.40. The molecule has 6 nitrogen and oxygen atoms in total. The van der Waals surface area contributed by atoms with Gasteiger partial charge in [-0.05, 0) is 6.92 Å². The van der Waals surface area contributed by atoms with Gasteiger partial charge < -0.3 is 24.8 Å². The van der Waals surface area contributed by atoms with Crippen LogP contribution in [0.15, 0.2) is 0 Å². The maximum atomic E-state index is 11.7. The summed E-state index contributed by atoms with van der Waals surface area (Å²) in [5.74, 6) is 0.104. The Labute approximate surface area is 116 Å². The molecule has 1 aliphatic heterocycles. The molecule has 1 saturated heterocycles. The first-order chi connectivity index (χ1) is 9.08. The number of nitrogens with zero attached hydrogens (tertiary/aromatic N) is 1. The summed E-state index contributed by atoms with van der Waals surface area (Å²) in [6, 6.07) is 0. The van der Waals surface area contributed by atoms with E-state index in [1.54, 1.807) is 7.11 Å². The van der Waals surface area contributed by atoms with Crippen LogP contribution in [0.25, 0.3) is 0 Å². The SMILES string of the molecule is COC(=O)c1sc(N2CCOC(C)C2)c(OC)c1N. The number of carbonyl (C=O) groups excluding carboxylic acids is 1. The summed E-state index contributed by atoms with van der Waals surface area (Å²) in [7, 11) is 2.89. The summed E-state index contributed by atoms with van der Waals surface area (Å²) in [6.07, 6.45) is 0.142. The van der Waals surface area contributed by atoms with Gasteiger partial charge in [0.2, 0.25) is 0 Å². The molecular formula is C12H18N2O4S. The number of nitrogen functional groups attached to an aromatic ring is 1. The molecule has 1 aliphatic rings. The Hall–Kier alpha value is -1.47. The maximum Gasteiger partial charge on any atom is 0.350 e. The fourth-order valence-electron chi connectivity index (χ4n) is 2.07. The van der Waals surface area contributed by atoms with Crippen molar-refractivity contribution in [2.75, 3.05) is 44.5 Å². The van der Waals surface area contributed by atoms with Crippen LogP contribution in [-0.4, -0.2) is 46.0 Å². The molecule has 1 atom stereocenters. The van der Waals surface area contributed by atoms with Crippen molar-refractivity contribution in [3.63, 3.8) is 0 Å². The third-order valence-corrected chi connectivity index (χ3v) is 4.21. The summed E-state index contributed by atoms with van der Waals surface area (Å²) < 4.78 is 15.6. The molecule has 0 amide bonds. The summed E-state index contributed by atoms with van der Waals surface area (Å²) in [5, 5.41) is 0.857. The van der Waals surface area contributed by atoms with Crippen LogP contribution >= 0.6 is 11.3 Å². The molecule has 1 aromatic heterocycles. The van der Waals surface area contributed by atoms with Crippen LogP contribution in [0.1, 0.15) is 16.6 Å². The molecule has 1 unspecified atom stereocenters. The van der Waals surface area contributed by atoms with E-state index in [-0.39, 0.29) is 6.10 Å². The smallest absolute Gasteiger partial charge is 0.350 e. The van der Waals surface area contributed by atoms with E-state index in [2.05, 4.69) is 4.90 Å². The van der Waals surface area contributed by atoms with Crippen LogP contribution in [0.4, 0.5) is 10.7 Å². The molecule has 0 aromatic carbocycles. The van der Waals surface area contributed by atoms with Crippen LogP contribution in [0.2, 0.25) is 0 Å². The van der Waals surface area contributed by atoms with Crippen molar-refractivity contribution in [3.8, 4) is 5.75 Å². The predicted molar refractivity (Wildman–Crippen MR) is 74.2 cm³/mol. The van der Waals surface area contributed by atoms with Crippen LogP contribution in [0.3, 0.4) is 0 Å². The lowest BCUT2D eigenvalue weighted by atomic mass is 10.3. The highest BCUT2D eigenvalue weighted by Gasteiger charge is 2.28. The normalized spacial score (nSPS) is 19.3. The number of carbonyl (C=O) groups is 1. The fourth-order valence-corrected chi connectivity index (χ4v) is 3.21. The topological polar surface area (TPSA) is 74.0 Å². The average Bonchev–Trinajstić information content (AvgIpc) is 2.75. The van der Waals surface area contributed by atoms with Gasteiger partial charge >= 0.3 is 5.97 Å². The zero-order valence-corrected chi connectivity index (χ0v) is 12.1. The van der Waals surface area contributed by atoms with E-state index in [4.69, 9.17) is 19.9 Å². The quantitative estimate of drug-likeness (QED) is 0.846. The number of anilines is 2. The second kappa shape index (κ2) is 5.66. The van der Waals surface area contributed by atoms with E-state index in [1.807, 2.05) is 6.92 Å². The molecule has 0 spiro atoms. The van der Waals surface area contributed by atoms with Crippen molar-refractivity contribution in [1.82, 2.24) is 0 Å². The Morgan fingerprint density at radius 2 is 2.26 bits per heavy atom. The van der Waals surface area contributed by atoms with Gasteiger partial charge in [0.1, 0.15) is 15.6 Å². The molecule has 1 aromatic rings. The summed E-state index contributed by atoms with van der Waals surface area (Å²) in [4.78, 5) is 14.2. The Bertz CT molecular complexity index is 475. The number of rotatable bonds is 3. The van der Waals surface area contributed by atoms with Crippen LogP contribution in [0.5, 0.6) is 5.75 Å². The van der Waals surface area contributed by atoms with Gasteiger partial charge in [-0.2, -0.15) is 0 Å². The second-order valence-corrected chi connectivity index (χ2v) is 5.30. The first kappa shape index (κ1) is 14.0. The van der Waals surface area contributed by atoms with Crippen molar-refractivity contribution >= 4 is 28.0 Å². The second-order valence-electron chi connectivity index (χ2n) is 4.30. The zero-order chi connectivity index (χ0) is 14.0. The van der Waals surface area contributed by atoms with Crippen molar-refractivity contribution in [1.29, 1.82) is 0 Å². The number of nitrogens with two attached hydrogens (primary N) is 1. The van der Waals surface area contributed by atoms with Gasteiger partial charge in [0.05, 0.1) is 26.9 Å². The highest BCUT2D eigenvalue weighted by Crippen LogP contribution is 2.45. The molecule has 1 fully saturated rings. The molecule has 106 valence electrons. The average molecular weight is 286 g/mol. The van der Waals surface area contributed by atoms with E-state index in [0.717, 1.165) is 18.1 Å². The van der Waals surface area contributed by atoms with Gasteiger partial charge in [0, 0.05) is 13.1 Å². The molecule has 2 N–H and O–H groups in total. The van der Waals surface area contributed by atoms with Crippen molar-refractivity contribution in [2.45, 2.75) is 13.0 Å². The Morgan fingerprint density at radius 1 is 1.53 bits per heavy atom. The summed E-state index contributed by atoms with van der Waals surface area (Å²) >= 11 is 1.30. The van der Waals surface area contributed by atoms with Crippen LogP contribution in [-0.2, 0) is 9.47 Å². The minimum absolute atomic E-state index is 0.142. The molecule has 0 bridgehead atoms. The van der Waals surface area contributed by atoms with Crippen LogP contribution in [0, 0.1) is 0 Å². The molecule has 0 saturated carbocycles. The number of morpholine rings is 1. The van der Waals surface area contributed by atoms with Gasteiger partial charge in [0.25, 0.3) is 0 Å². The molecule has 2 rings (SSSR count). The number of hydrogen-bond acceptors (Lipinski definition) is 7. The predicted octanol–water partition coefficient (Wildman–Crippen LogP) is 1.35. The zero-order valence-electron chi connectivity index (χ0n) is 11.3. The molecule has 19 heavy (non-hydrogen) atoms. The van der Waals surface area contributed by atoms with Crippen LogP contribution < -0.4 is 15.4 Å². The Balaban J connectivity index is 2.36. The van der Waals surface area contributed by atoms with Gasteiger partial charge in [-0.1, -0.05) is 0 Å². The maximum absolute atomic E-state index is 11.7. The van der Waals surface area contributed by atoms with E-state index in [0.29, 0.717) is 22.9 Å². The highest BCUT2D eigenvalue weighted by atomic mass is 32.1. The lowest BCUT2D eigenvalue weighted by Gasteiger charge is -2.32. The van der Waals surface area contributed by atoms with Gasteiger partial charge in [-0.15, -0.1) is 11.3 Å². The summed E-state index contributed by atoms with van der Waals surface area (Å²) in [5.41, 5.74) is 6.30. The largest absolute Gasteiger partial charge is 0.492 e. The number of esters is 1. The molecule has 0 radical (unpaired) electrons. The van der Waals surface area contributed by atoms with E-state index < -0.39 is 5.97 Å². The third-order valence-electron chi connectivity index (χ3n) is 2.99. The standard InChI is InChI=1S/C12H18N2O4S/c1-7-6-14(4-5-18-7)11-9(16-2)8(13)10(19-11)12(15)17-3/h7H,4-6,13H2,1-3H3. The van der Waals surface area contributed by atoms with Crippen molar-refractivity contribution in [2.24, 2.45) is 0 Å². The van der Waals surface area contributed by atoms with Crippen molar-refractivity contribution in [3.05, 3.63) is 4.88 Å². The first-order valence-corrected chi connectivity index (χ1v) is 6.81. The minimum atomic E-state index is -0.437. The number of thiophene rings is 1. The van der Waals surface area contributed by atoms with E-state index in [1.165, 1.54) is 18.4 Å². The molecular weight excluding hydrogens is 268 g/mol. The highest BCUT2D eigenvalue weighted by molar-refractivity contribution is 7.19. The van der Waals surface area contributed by atoms with Gasteiger partial charge in [0.15, 0.2) is 5.75 Å². The lowest BCUT2D eigenvalue weighted by molar-refractivity contribution is 0.0533. The third kappa shape index (κ3) is 2.62. The van der Waals surface area contributed by atoms with Gasteiger partial charge in [-0.25, -0.2) is 4.79 Å². The minimum Gasteiger partial charge on any atom is -0.492 e. The van der Waals surface area contributed by atoms with E-state index in [9.17, 15) is 4.79 Å². The van der Waals surface area contributed by atoms with Crippen molar-refractivity contribution < 1.29 is 19.0 Å². The van der Waals surface area contributed by atoms with E-state index >= 15 is 0 Å². The molecule has 2 heterocycles. The fraction of sp³-hybridized carbons (Fsp3) is 0.583. The molecule has 7 heteroatoms. The van der Waals surface area contributed by atoms with Gasteiger partial charge in [-0.3, -0.25) is 0 Å². The Morgan fingerprint density at radius 3 is 2.84 bits per heavy atom. The number of ether oxygens (including phenoxy) is 3. The monoisotopic (exact) mass is 286 g/mol. The first-order valence-electron chi connectivity index (χ1n) is 5.99. The Kier molecular flexibility index (Phi) is 4.16. The molecule has 0 aliphatic carbocycles. The number of hydrogen-bond donors (Lipinski definition) is 1.